The minimum absolute atomic E-state index is 0.00783. The summed E-state index contributed by atoms with van der Waals surface area (Å²) in [4.78, 5) is 14.3. The Balaban J connectivity index is 1.79. The number of rotatable bonds is 2. The quantitative estimate of drug-likeness (QED) is 0.810. The summed E-state index contributed by atoms with van der Waals surface area (Å²) in [6.45, 7) is 1.70. The van der Waals surface area contributed by atoms with E-state index in [2.05, 4.69) is 0 Å². The number of nitrogens with zero attached hydrogens (tertiary/aromatic N) is 2. The molecule has 0 N–H and O–H groups in total. The molecule has 108 valence electrons. The second-order valence-electron chi connectivity index (χ2n) is 5.56. The van der Waals surface area contributed by atoms with E-state index in [0.717, 1.165) is 13.0 Å². The van der Waals surface area contributed by atoms with E-state index < -0.39 is 10.0 Å². The average molecular weight is 294 g/mol. The van der Waals surface area contributed by atoms with Crippen LogP contribution < -0.4 is 0 Å². The van der Waals surface area contributed by atoms with Crippen LogP contribution in [0.1, 0.15) is 16.8 Å². The van der Waals surface area contributed by atoms with Crippen molar-refractivity contribution in [2.75, 3.05) is 25.9 Å². The standard InChI is InChI=1S/C14H18N2O3S/c1-20(18,19)15-9-12-7-8-16(13(12)10-15)14(17)11-5-3-2-4-6-11/h2-6,12-13H,7-10H2,1H3. The van der Waals surface area contributed by atoms with Crippen LogP contribution in [0, 0.1) is 5.92 Å². The maximum absolute atomic E-state index is 12.5. The van der Waals surface area contributed by atoms with E-state index in [9.17, 15) is 13.2 Å². The van der Waals surface area contributed by atoms with Gasteiger partial charge in [-0.15, -0.1) is 0 Å². The molecule has 20 heavy (non-hydrogen) atoms. The predicted molar refractivity (Wildman–Crippen MR) is 75.8 cm³/mol. The molecule has 6 heteroatoms. The molecule has 2 aliphatic rings. The molecule has 0 saturated carbocycles. The number of carbonyl (C=O) groups is 1. The third-order valence-corrected chi connectivity index (χ3v) is 5.50. The lowest BCUT2D eigenvalue weighted by molar-refractivity contribution is 0.0732. The molecule has 3 rings (SSSR count). The number of carbonyl (C=O) groups excluding carboxylic acids is 1. The van der Waals surface area contributed by atoms with Gasteiger partial charge < -0.3 is 4.90 Å². The number of sulfonamides is 1. The monoisotopic (exact) mass is 294 g/mol. The normalized spacial score (nSPS) is 26.8. The van der Waals surface area contributed by atoms with Gasteiger partial charge in [-0.1, -0.05) is 18.2 Å². The van der Waals surface area contributed by atoms with E-state index in [-0.39, 0.29) is 17.9 Å². The molecule has 2 aliphatic heterocycles. The van der Waals surface area contributed by atoms with E-state index in [1.165, 1.54) is 10.6 Å². The van der Waals surface area contributed by atoms with Gasteiger partial charge in [-0.3, -0.25) is 4.79 Å². The first-order chi connectivity index (χ1) is 9.47. The van der Waals surface area contributed by atoms with Crippen molar-refractivity contribution >= 4 is 15.9 Å². The van der Waals surface area contributed by atoms with E-state index in [4.69, 9.17) is 0 Å². The average Bonchev–Trinajstić information content (AvgIpc) is 2.98. The fourth-order valence-electron chi connectivity index (χ4n) is 3.19. The van der Waals surface area contributed by atoms with Crippen molar-refractivity contribution in [1.29, 1.82) is 0 Å². The zero-order chi connectivity index (χ0) is 14.3. The summed E-state index contributed by atoms with van der Waals surface area (Å²) in [7, 11) is -3.16. The van der Waals surface area contributed by atoms with Gasteiger partial charge in [0.2, 0.25) is 10.0 Å². The van der Waals surface area contributed by atoms with E-state index in [1.54, 1.807) is 12.1 Å². The van der Waals surface area contributed by atoms with Crippen molar-refractivity contribution in [2.24, 2.45) is 5.92 Å². The molecule has 1 amide bonds. The molecule has 0 aliphatic carbocycles. The van der Waals surface area contributed by atoms with Crippen molar-refractivity contribution in [1.82, 2.24) is 9.21 Å². The highest BCUT2D eigenvalue weighted by atomic mass is 32.2. The second kappa shape index (κ2) is 4.86. The minimum Gasteiger partial charge on any atom is -0.334 e. The highest BCUT2D eigenvalue weighted by Crippen LogP contribution is 2.33. The molecule has 5 nitrogen and oxygen atoms in total. The Hall–Kier alpha value is -1.40. The van der Waals surface area contributed by atoms with Crippen molar-refractivity contribution in [3.8, 4) is 0 Å². The Labute approximate surface area is 119 Å². The molecule has 1 aromatic carbocycles. The number of hydrogen-bond acceptors (Lipinski definition) is 3. The largest absolute Gasteiger partial charge is 0.334 e. The van der Waals surface area contributed by atoms with Crippen LogP contribution in [0.4, 0.5) is 0 Å². The number of amides is 1. The Bertz CT molecular complexity index is 615. The van der Waals surface area contributed by atoms with Gasteiger partial charge >= 0.3 is 0 Å². The molecule has 0 aromatic heterocycles. The molecule has 2 heterocycles. The van der Waals surface area contributed by atoms with Crippen molar-refractivity contribution in [3.63, 3.8) is 0 Å². The van der Waals surface area contributed by atoms with Gasteiger partial charge in [-0.2, -0.15) is 4.31 Å². The van der Waals surface area contributed by atoms with Gasteiger partial charge in [0.05, 0.1) is 6.26 Å². The Kier molecular flexibility index (Phi) is 3.30. The van der Waals surface area contributed by atoms with Gasteiger partial charge in [-0.05, 0) is 24.5 Å². The first-order valence-electron chi connectivity index (χ1n) is 6.78. The van der Waals surface area contributed by atoms with Crippen LogP contribution in [-0.2, 0) is 10.0 Å². The van der Waals surface area contributed by atoms with Crippen LogP contribution in [0.2, 0.25) is 0 Å². The molecule has 2 unspecified atom stereocenters. The lowest BCUT2D eigenvalue weighted by atomic mass is 10.0. The predicted octanol–water partition coefficient (Wildman–Crippen LogP) is 0.792. The smallest absolute Gasteiger partial charge is 0.254 e. The molecule has 0 bridgehead atoms. The van der Waals surface area contributed by atoms with Crippen LogP contribution in [0.25, 0.3) is 0 Å². The topological polar surface area (TPSA) is 57.7 Å². The summed E-state index contributed by atoms with van der Waals surface area (Å²) in [5.41, 5.74) is 0.672. The van der Waals surface area contributed by atoms with Gasteiger partial charge in [-0.25, -0.2) is 8.42 Å². The van der Waals surface area contributed by atoms with Crippen LogP contribution in [0.3, 0.4) is 0 Å². The maximum Gasteiger partial charge on any atom is 0.254 e. The molecule has 2 saturated heterocycles. The summed E-state index contributed by atoms with van der Waals surface area (Å²) in [6, 6.07) is 9.20. The molecule has 2 atom stereocenters. The molecule has 0 radical (unpaired) electrons. The number of fused-ring (bicyclic) bond motifs is 1. The van der Waals surface area contributed by atoms with Crippen LogP contribution in [0.5, 0.6) is 0 Å². The van der Waals surface area contributed by atoms with Crippen molar-refractivity contribution < 1.29 is 13.2 Å². The van der Waals surface area contributed by atoms with Crippen molar-refractivity contribution in [3.05, 3.63) is 35.9 Å². The minimum atomic E-state index is -3.16. The van der Waals surface area contributed by atoms with Crippen molar-refractivity contribution in [2.45, 2.75) is 12.5 Å². The first kappa shape index (κ1) is 13.6. The fourth-order valence-corrected chi connectivity index (χ4v) is 4.08. The Morgan fingerprint density at radius 2 is 1.90 bits per heavy atom. The first-order valence-corrected chi connectivity index (χ1v) is 8.63. The summed E-state index contributed by atoms with van der Waals surface area (Å²) >= 11 is 0. The van der Waals surface area contributed by atoms with Gasteiger partial charge in [0.25, 0.3) is 5.91 Å². The molecular weight excluding hydrogens is 276 g/mol. The van der Waals surface area contributed by atoms with Gasteiger partial charge in [0.15, 0.2) is 0 Å². The zero-order valence-electron chi connectivity index (χ0n) is 11.4. The summed E-state index contributed by atoms with van der Waals surface area (Å²) in [5, 5.41) is 0. The lowest BCUT2D eigenvalue weighted by Crippen LogP contribution is -2.40. The number of benzene rings is 1. The molecule has 0 spiro atoms. The fraction of sp³-hybridized carbons (Fsp3) is 0.500. The summed E-state index contributed by atoms with van der Waals surface area (Å²) in [5.74, 6) is 0.283. The molecule has 1 aromatic rings. The third-order valence-electron chi connectivity index (χ3n) is 4.26. The van der Waals surface area contributed by atoms with E-state index in [0.29, 0.717) is 18.7 Å². The maximum atomic E-state index is 12.5. The third kappa shape index (κ3) is 2.33. The van der Waals surface area contributed by atoms with Gasteiger partial charge in [0.1, 0.15) is 0 Å². The molecular formula is C14H18N2O3S. The summed E-state index contributed by atoms with van der Waals surface area (Å²) < 4.78 is 24.8. The highest BCUT2D eigenvalue weighted by molar-refractivity contribution is 7.88. The Morgan fingerprint density at radius 3 is 2.55 bits per heavy atom. The second-order valence-corrected chi connectivity index (χ2v) is 7.54. The van der Waals surface area contributed by atoms with E-state index >= 15 is 0 Å². The summed E-state index contributed by atoms with van der Waals surface area (Å²) in [6.07, 6.45) is 2.12. The molecule has 2 fully saturated rings. The zero-order valence-corrected chi connectivity index (χ0v) is 12.2. The van der Waals surface area contributed by atoms with Gasteiger partial charge in [0, 0.05) is 31.2 Å². The van der Waals surface area contributed by atoms with Crippen LogP contribution in [-0.4, -0.2) is 55.5 Å². The highest BCUT2D eigenvalue weighted by Gasteiger charge is 2.45. The van der Waals surface area contributed by atoms with E-state index in [1.807, 2.05) is 23.1 Å². The van der Waals surface area contributed by atoms with Crippen LogP contribution >= 0.6 is 0 Å². The Morgan fingerprint density at radius 1 is 1.20 bits per heavy atom. The number of hydrogen-bond donors (Lipinski definition) is 0. The lowest BCUT2D eigenvalue weighted by Gasteiger charge is -2.24. The van der Waals surface area contributed by atoms with Crippen LogP contribution in [0.15, 0.2) is 30.3 Å². The number of likely N-dealkylation sites (tertiary alicyclic amines) is 1. The SMILES string of the molecule is CS(=O)(=O)N1CC2CCN(C(=O)c3ccccc3)C2C1.